The summed E-state index contributed by atoms with van der Waals surface area (Å²) in [5, 5.41) is 8.00. The predicted octanol–water partition coefficient (Wildman–Crippen LogP) is 3.33. The molecule has 3 rings (SSSR count). The van der Waals surface area contributed by atoms with Gasteiger partial charge < -0.3 is 4.74 Å². The minimum Gasteiger partial charge on any atom is -0.494 e. The van der Waals surface area contributed by atoms with Crippen molar-refractivity contribution in [2.75, 3.05) is 7.11 Å². The average Bonchev–Trinajstić information content (AvgIpc) is 2.81. The molecule has 0 aliphatic rings. The van der Waals surface area contributed by atoms with Crippen molar-refractivity contribution in [2.24, 2.45) is 0 Å². The zero-order valence-electron chi connectivity index (χ0n) is 9.97. The molecule has 0 spiro atoms. The van der Waals surface area contributed by atoms with Crippen LogP contribution in [0.5, 0.6) is 5.75 Å². The Bertz CT molecular complexity index is 739. The van der Waals surface area contributed by atoms with Gasteiger partial charge in [-0.05, 0) is 24.3 Å². The Labute approximate surface area is 116 Å². The first-order valence-electron chi connectivity index (χ1n) is 5.54. The summed E-state index contributed by atoms with van der Waals surface area (Å²) in [7, 11) is 1.43. The van der Waals surface area contributed by atoms with E-state index in [0.29, 0.717) is 11.0 Å². The summed E-state index contributed by atoms with van der Waals surface area (Å²) in [6.45, 7) is 0. The van der Waals surface area contributed by atoms with Crippen molar-refractivity contribution in [2.45, 2.75) is 0 Å². The van der Waals surface area contributed by atoms with Crippen LogP contribution in [0.4, 0.5) is 4.39 Å². The minimum atomic E-state index is -0.446. The fourth-order valence-corrected chi connectivity index (χ4v) is 2.12. The first-order valence-corrected chi connectivity index (χ1v) is 6.33. The van der Waals surface area contributed by atoms with Crippen molar-refractivity contribution in [1.29, 1.82) is 0 Å². The molecule has 0 bridgehead atoms. The highest BCUT2D eigenvalue weighted by molar-refractivity contribution is 9.10. The highest BCUT2D eigenvalue weighted by Crippen LogP contribution is 2.25. The van der Waals surface area contributed by atoms with E-state index in [4.69, 9.17) is 4.74 Å². The Morgan fingerprint density at radius 2 is 1.95 bits per heavy atom. The molecule has 6 heteroatoms. The summed E-state index contributed by atoms with van der Waals surface area (Å²) in [5.41, 5.74) is 2.03. The Hall–Kier alpha value is -1.95. The first kappa shape index (κ1) is 12.1. The van der Waals surface area contributed by atoms with Crippen molar-refractivity contribution < 1.29 is 9.13 Å². The third kappa shape index (κ3) is 2.08. The molecule has 0 aliphatic carbocycles. The van der Waals surface area contributed by atoms with Gasteiger partial charge in [0, 0.05) is 16.6 Å². The second kappa shape index (κ2) is 4.62. The van der Waals surface area contributed by atoms with Crippen molar-refractivity contribution in [1.82, 2.24) is 15.0 Å². The van der Waals surface area contributed by atoms with E-state index in [9.17, 15) is 4.39 Å². The van der Waals surface area contributed by atoms with Crippen LogP contribution in [-0.4, -0.2) is 22.1 Å². The van der Waals surface area contributed by atoms with Gasteiger partial charge in [-0.15, -0.1) is 5.10 Å². The summed E-state index contributed by atoms with van der Waals surface area (Å²) in [4.78, 5) is 0. The number of hydrogen-bond donors (Lipinski definition) is 0. The van der Waals surface area contributed by atoms with Crippen molar-refractivity contribution in [3.05, 3.63) is 46.7 Å². The number of methoxy groups -OCH3 is 1. The van der Waals surface area contributed by atoms with Crippen LogP contribution in [0.2, 0.25) is 0 Å². The van der Waals surface area contributed by atoms with Gasteiger partial charge in [0.15, 0.2) is 11.6 Å². The van der Waals surface area contributed by atoms with Crippen LogP contribution in [0.3, 0.4) is 0 Å². The van der Waals surface area contributed by atoms with Crippen LogP contribution >= 0.6 is 15.9 Å². The molecule has 4 nitrogen and oxygen atoms in total. The lowest BCUT2D eigenvalue weighted by atomic mass is 10.2. The van der Waals surface area contributed by atoms with E-state index in [1.165, 1.54) is 13.2 Å². The number of aromatic nitrogens is 3. The van der Waals surface area contributed by atoms with E-state index >= 15 is 0 Å². The predicted molar refractivity (Wildman–Crippen MR) is 73.1 cm³/mol. The van der Waals surface area contributed by atoms with Crippen LogP contribution < -0.4 is 4.74 Å². The quantitative estimate of drug-likeness (QED) is 0.726. The monoisotopic (exact) mass is 321 g/mol. The number of fused-ring (bicyclic) bond motifs is 1. The van der Waals surface area contributed by atoms with Crippen LogP contribution in [0.15, 0.2) is 40.9 Å². The number of hydrogen-bond acceptors (Lipinski definition) is 3. The third-order valence-electron chi connectivity index (χ3n) is 2.79. The van der Waals surface area contributed by atoms with E-state index in [1.54, 1.807) is 10.7 Å². The molecule has 0 amide bonds. The van der Waals surface area contributed by atoms with Gasteiger partial charge in [-0.25, -0.2) is 9.07 Å². The molecular weight excluding hydrogens is 313 g/mol. The van der Waals surface area contributed by atoms with Gasteiger partial charge in [0.1, 0.15) is 5.52 Å². The van der Waals surface area contributed by atoms with Crippen molar-refractivity contribution >= 4 is 27.0 Å². The minimum absolute atomic E-state index is 0.174. The summed E-state index contributed by atoms with van der Waals surface area (Å²) in [5.74, 6) is -0.272. The zero-order chi connectivity index (χ0) is 13.4. The lowest BCUT2D eigenvalue weighted by molar-refractivity contribution is 0.387. The van der Waals surface area contributed by atoms with Gasteiger partial charge in [0.25, 0.3) is 0 Å². The summed E-state index contributed by atoms with van der Waals surface area (Å²) in [6.07, 6.45) is 0. The number of nitrogens with zero attached hydrogens (tertiary/aromatic N) is 3. The maximum atomic E-state index is 13.6. The summed E-state index contributed by atoms with van der Waals surface area (Å²) < 4.78 is 21.2. The molecule has 19 heavy (non-hydrogen) atoms. The maximum Gasteiger partial charge on any atom is 0.167 e. The fourth-order valence-electron chi connectivity index (χ4n) is 1.85. The number of halogens is 2. The Morgan fingerprint density at radius 3 is 2.63 bits per heavy atom. The molecule has 96 valence electrons. The van der Waals surface area contributed by atoms with Gasteiger partial charge in [-0.3, -0.25) is 0 Å². The van der Waals surface area contributed by atoms with Crippen LogP contribution in [0, 0.1) is 5.82 Å². The SMILES string of the molecule is COc1cc2c(cc1F)nnn2-c1ccc(Br)cc1. The molecule has 0 fully saturated rings. The number of benzene rings is 2. The Kier molecular flexibility index (Phi) is 2.94. The average molecular weight is 322 g/mol. The molecule has 0 N–H and O–H groups in total. The highest BCUT2D eigenvalue weighted by atomic mass is 79.9. The Morgan fingerprint density at radius 1 is 1.21 bits per heavy atom. The summed E-state index contributed by atoms with van der Waals surface area (Å²) >= 11 is 3.38. The standard InChI is InChI=1S/C13H9BrFN3O/c1-19-13-7-12-11(6-10(13)15)16-17-18(12)9-4-2-8(14)3-5-9/h2-7H,1H3. The van der Waals surface area contributed by atoms with Crippen LogP contribution in [0.25, 0.3) is 16.7 Å². The van der Waals surface area contributed by atoms with Gasteiger partial charge in [0.05, 0.1) is 18.3 Å². The molecule has 2 aromatic carbocycles. The highest BCUT2D eigenvalue weighted by Gasteiger charge is 2.11. The molecule has 0 atom stereocenters. The fraction of sp³-hybridized carbons (Fsp3) is 0.0769. The zero-order valence-corrected chi connectivity index (χ0v) is 11.6. The van der Waals surface area contributed by atoms with E-state index in [1.807, 2.05) is 24.3 Å². The molecule has 0 unspecified atom stereocenters. The number of ether oxygens (including phenoxy) is 1. The molecule has 0 saturated carbocycles. The second-order valence-electron chi connectivity index (χ2n) is 3.95. The molecule has 3 aromatic rings. The van der Waals surface area contributed by atoms with Crippen LogP contribution in [-0.2, 0) is 0 Å². The maximum absolute atomic E-state index is 13.6. The molecule has 1 heterocycles. The van der Waals surface area contributed by atoms with E-state index < -0.39 is 5.82 Å². The van der Waals surface area contributed by atoms with Gasteiger partial charge >= 0.3 is 0 Å². The molecule has 0 radical (unpaired) electrons. The third-order valence-corrected chi connectivity index (χ3v) is 3.32. The van der Waals surface area contributed by atoms with Gasteiger partial charge in [-0.2, -0.15) is 0 Å². The second-order valence-corrected chi connectivity index (χ2v) is 4.87. The van der Waals surface area contributed by atoms with E-state index in [0.717, 1.165) is 10.2 Å². The summed E-state index contributed by atoms with van der Waals surface area (Å²) in [6, 6.07) is 10.5. The van der Waals surface area contributed by atoms with Gasteiger partial charge in [0.2, 0.25) is 0 Å². The van der Waals surface area contributed by atoms with Crippen molar-refractivity contribution in [3.8, 4) is 11.4 Å². The smallest absolute Gasteiger partial charge is 0.167 e. The van der Waals surface area contributed by atoms with Crippen LogP contribution in [0.1, 0.15) is 0 Å². The topological polar surface area (TPSA) is 39.9 Å². The lowest BCUT2D eigenvalue weighted by Crippen LogP contribution is -1.96. The van der Waals surface area contributed by atoms with Gasteiger partial charge in [-0.1, -0.05) is 21.1 Å². The largest absolute Gasteiger partial charge is 0.494 e. The number of rotatable bonds is 2. The first-order chi connectivity index (χ1) is 9.19. The molecule has 0 aliphatic heterocycles. The molecule has 0 saturated heterocycles. The van der Waals surface area contributed by atoms with Crippen molar-refractivity contribution in [3.63, 3.8) is 0 Å². The molecule has 1 aromatic heterocycles. The van der Waals surface area contributed by atoms with E-state index in [-0.39, 0.29) is 5.75 Å². The normalized spacial score (nSPS) is 10.9. The molecular formula is C13H9BrFN3O. The van der Waals surface area contributed by atoms with E-state index in [2.05, 4.69) is 26.2 Å². The Balaban J connectivity index is 2.21. The lowest BCUT2D eigenvalue weighted by Gasteiger charge is -2.04.